The summed E-state index contributed by atoms with van der Waals surface area (Å²) in [7, 11) is 0. The molecule has 1 N–H and O–H groups in total. The van der Waals surface area contributed by atoms with E-state index in [0.29, 0.717) is 10.6 Å². The zero-order chi connectivity index (χ0) is 19.7. The Bertz CT molecular complexity index is 868. The van der Waals surface area contributed by atoms with Crippen LogP contribution in [-0.4, -0.2) is 20.9 Å². The molecule has 0 atom stereocenters. The monoisotopic (exact) mass is 394 g/mol. The van der Waals surface area contributed by atoms with Crippen molar-refractivity contribution in [2.45, 2.75) is 56.2 Å². The van der Waals surface area contributed by atoms with E-state index in [-0.39, 0.29) is 10.4 Å². The van der Waals surface area contributed by atoms with E-state index in [9.17, 15) is 14.7 Å². The van der Waals surface area contributed by atoms with E-state index >= 15 is 0 Å². The number of nitrogens with zero attached hydrogens (tertiary/aromatic N) is 2. The molecule has 0 spiro atoms. The molecule has 0 aliphatic heterocycles. The lowest BCUT2D eigenvalue weighted by atomic mass is 9.87. The molecule has 26 heavy (non-hydrogen) atoms. The third-order valence-electron chi connectivity index (χ3n) is 4.15. The first-order chi connectivity index (χ1) is 11.9. The second-order valence-corrected chi connectivity index (χ2v) is 9.03. The molecule has 0 saturated heterocycles. The molecular weight excluding hydrogens is 372 g/mol. The second kappa shape index (κ2) is 7.45. The van der Waals surface area contributed by atoms with Crippen LogP contribution in [0.25, 0.3) is 0 Å². The number of aliphatic carboxylic acids is 1. The minimum Gasteiger partial charge on any atom is -0.479 e. The highest BCUT2D eigenvalue weighted by Gasteiger charge is 2.32. The smallest absolute Gasteiger partial charge is 0.331 e. The fourth-order valence-electron chi connectivity index (χ4n) is 2.27. The molecule has 1 aromatic carbocycles. The first kappa shape index (κ1) is 20.5. The van der Waals surface area contributed by atoms with Gasteiger partial charge in [0, 0.05) is 5.75 Å². The van der Waals surface area contributed by atoms with Crippen molar-refractivity contribution in [3.8, 4) is 0 Å². The fourth-order valence-corrected chi connectivity index (χ4v) is 3.41. The largest absolute Gasteiger partial charge is 0.479 e. The molecule has 140 valence electrons. The van der Waals surface area contributed by atoms with Crippen molar-refractivity contribution in [3.05, 3.63) is 57.0 Å². The SMILES string of the molecule is CC(C)(C)c1ccc(CSc2cnn(C(C)(C)C(=O)O)c(=O)c2Cl)cc1. The molecule has 2 rings (SSSR count). The summed E-state index contributed by atoms with van der Waals surface area (Å²) in [4.78, 5) is 24.3. The van der Waals surface area contributed by atoms with Gasteiger partial charge in [-0.1, -0.05) is 56.6 Å². The van der Waals surface area contributed by atoms with E-state index in [1.807, 2.05) is 0 Å². The molecular formula is C19H23ClN2O3S. The van der Waals surface area contributed by atoms with Crippen LogP contribution in [0.4, 0.5) is 0 Å². The molecule has 2 aromatic rings. The second-order valence-electron chi connectivity index (χ2n) is 7.64. The van der Waals surface area contributed by atoms with E-state index in [4.69, 9.17) is 11.6 Å². The number of aromatic nitrogens is 2. The van der Waals surface area contributed by atoms with Crippen LogP contribution in [0, 0.1) is 0 Å². The zero-order valence-electron chi connectivity index (χ0n) is 15.5. The van der Waals surface area contributed by atoms with Gasteiger partial charge in [-0.2, -0.15) is 5.10 Å². The van der Waals surface area contributed by atoms with Crippen molar-refractivity contribution in [1.29, 1.82) is 0 Å². The Kier molecular flexibility index (Phi) is 5.88. The van der Waals surface area contributed by atoms with Crippen molar-refractivity contribution in [2.75, 3.05) is 0 Å². The van der Waals surface area contributed by atoms with Crippen LogP contribution >= 0.6 is 23.4 Å². The van der Waals surface area contributed by atoms with Crippen molar-refractivity contribution in [2.24, 2.45) is 0 Å². The summed E-state index contributed by atoms with van der Waals surface area (Å²) < 4.78 is 0.903. The lowest BCUT2D eigenvalue weighted by Gasteiger charge is -2.21. The molecule has 0 saturated carbocycles. The van der Waals surface area contributed by atoms with Gasteiger partial charge in [0.15, 0.2) is 5.54 Å². The molecule has 1 heterocycles. The third kappa shape index (κ3) is 4.30. The van der Waals surface area contributed by atoms with Crippen LogP contribution in [-0.2, 0) is 21.5 Å². The third-order valence-corrected chi connectivity index (χ3v) is 5.73. The van der Waals surface area contributed by atoms with Crippen LogP contribution in [0.15, 0.2) is 40.2 Å². The highest BCUT2D eigenvalue weighted by Crippen LogP contribution is 2.29. The predicted molar refractivity (Wildman–Crippen MR) is 105 cm³/mol. The van der Waals surface area contributed by atoms with Crippen LogP contribution < -0.4 is 5.56 Å². The van der Waals surface area contributed by atoms with Gasteiger partial charge in [0.2, 0.25) is 0 Å². The highest BCUT2D eigenvalue weighted by molar-refractivity contribution is 7.98. The lowest BCUT2D eigenvalue weighted by molar-refractivity contribution is -0.146. The molecule has 0 fully saturated rings. The average Bonchev–Trinajstić information content (AvgIpc) is 2.55. The summed E-state index contributed by atoms with van der Waals surface area (Å²) in [5, 5.41) is 13.3. The summed E-state index contributed by atoms with van der Waals surface area (Å²) in [6.07, 6.45) is 1.45. The summed E-state index contributed by atoms with van der Waals surface area (Å²) >= 11 is 7.57. The Morgan fingerprint density at radius 3 is 2.27 bits per heavy atom. The minimum atomic E-state index is -1.47. The van der Waals surface area contributed by atoms with E-state index in [1.165, 1.54) is 37.4 Å². The van der Waals surface area contributed by atoms with Gasteiger partial charge in [-0.3, -0.25) is 4.79 Å². The van der Waals surface area contributed by atoms with Gasteiger partial charge in [-0.15, -0.1) is 11.8 Å². The molecule has 0 unspecified atom stereocenters. The average molecular weight is 395 g/mol. The van der Waals surface area contributed by atoms with Gasteiger partial charge in [0.25, 0.3) is 5.56 Å². The maximum atomic E-state index is 12.4. The molecule has 0 aliphatic rings. The van der Waals surface area contributed by atoms with Gasteiger partial charge in [0.05, 0.1) is 11.1 Å². The van der Waals surface area contributed by atoms with Crippen molar-refractivity contribution >= 4 is 29.3 Å². The summed E-state index contributed by atoms with van der Waals surface area (Å²) in [5.74, 6) is -0.514. The molecule has 0 amide bonds. The number of rotatable bonds is 5. The number of hydrogen-bond acceptors (Lipinski definition) is 4. The molecule has 1 aromatic heterocycles. The van der Waals surface area contributed by atoms with Crippen LogP contribution in [0.3, 0.4) is 0 Å². The number of carboxylic acid groups (broad SMARTS) is 1. The summed E-state index contributed by atoms with van der Waals surface area (Å²) in [6.45, 7) is 9.30. The van der Waals surface area contributed by atoms with E-state index in [1.54, 1.807) is 0 Å². The Labute approximate surface area is 162 Å². The molecule has 0 aliphatic carbocycles. The van der Waals surface area contributed by atoms with Gasteiger partial charge < -0.3 is 5.11 Å². The fraction of sp³-hybridized carbons (Fsp3) is 0.421. The molecule has 0 radical (unpaired) electrons. The normalized spacial score (nSPS) is 12.2. The van der Waals surface area contributed by atoms with Gasteiger partial charge in [-0.05, 0) is 30.4 Å². The molecule has 7 heteroatoms. The highest BCUT2D eigenvalue weighted by atomic mass is 35.5. The number of carboxylic acids is 1. The summed E-state index contributed by atoms with van der Waals surface area (Å²) in [5.41, 5.74) is 0.387. The first-order valence-electron chi connectivity index (χ1n) is 8.18. The Morgan fingerprint density at radius 1 is 1.19 bits per heavy atom. The summed E-state index contributed by atoms with van der Waals surface area (Å²) in [6, 6.07) is 8.32. The number of carbonyl (C=O) groups is 1. The number of halogens is 1. The van der Waals surface area contributed by atoms with Crippen LogP contribution in [0.5, 0.6) is 0 Å². The number of benzene rings is 1. The first-order valence-corrected chi connectivity index (χ1v) is 9.55. The van der Waals surface area contributed by atoms with E-state index in [2.05, 4.69) is 50.1 Å². The predicted octanol–water partition coefficient (Wildman–Crippen LogP) is 4.31. The number of hydrogen-bond donors (Lipinski definition) is 1. The van der Waals surface area contributed by atoms with Crippen molar-refractivity contribution in [1.82, 2.24) is 9.78 Å². The Balaban J connectivity index is 2.20. The Morgan fingerprint density at radius 2 is 1.77 bits per heavy atom. The Hall–Kier alpha value is -1.79. The molecule has 0 bridgehead atoms. The molecule has 5 nitrogen and oxygen atoms in total. The minimum absolute atomic E-state index is 0.00867. The van der Waals surface area contributed by atoms with Gasteiger partial charge >= 0.3 is 5.97 Å². The van der Waals surface area contributed by atoms with E-state index in [0.717, 1.165) is 10.2 Å². The van der Waals surface area contributed by atoms with Crippen molar-refractivity contribution in [3.63, 3.8) is 0 Å². The van der Waals surface area contributed by atoms with Crippen LogP contribution in [0.1, 0.15) is 45.7 Å². The van der Waals surface area contributed by atoms with Gasteiger partial charge in [-0.25, -0.2) is 9.48 Å². The number of thioether (sulfide) groups is 1. The quantitative estimate of drug-likeness (QED) is 0.765. The standard InChI is InChI=1S/C19H23ClN2O3S/c1-18(2,3)13-8-6-12(7-9-13)11-26-14-10-21-22(16(23)15(14)20)19(4,5)17(24)25/h6-10H,11H2,1-5H3,(H,24,25). The zero-order valence-corrected chi connectivity index (χ0v) is 17.1. The maximum absolute atomic E-state index is 12.4. The topological polar surface area (TPSA) is 72.2 Å². The maximum Gasteiger partial charge on any atom is 0.331 e. The van der Waals surface area contributed by atoms with E-state index < -0.39 is 17.1 Å². The lowest BCUT2D eigenvalue weighted by Crippen LogP contribution is -2.44. The van der Waals surface area contributed by atoms with Crippen molar-refractivity contribution < 1.29 is 9.90 Å². The van der Waals surface area contributed by atoms with Crippen LogP contribution in [0.2, 0.25) is 5.02 Å². The van der Waals surface area contributed by atoms with Gasteiger partial charge in [0.1, 0.15) is 5.02 Å².